The first kappa shape index (κ1) is 26.5. The number of hydrogen-bond donors (Lipinski definition) is 2. The van der Waals surface area contributed by atoms with Crippen LogP contribution in [0.3, 0.4) is 0 Å². The Bertz CT molecular complexity index is 1700. The van der Waals surface area contributed by atoms with Crippen LogP contribution in [-0.4, -0.2) is 50.0 Å². The highest BCUT2D eigenvalue weighted by Crippen LogP contribution is 2.30. The summed E-state index contributed by atoms with van der Waals surface area (Å²) in [6.45, 7) is 1.22. The summed E-state index contributed by atoms with van der Waals surface area (Å²) in [6.07, 6.45) is 4.61. The lowest BCUT2D eigenvalue weighted by molar-refractivity contribution is -0.0566. The maximum Gasteiger partial charge on any atom is 0.276 e. The molecular weight excluding hydrogens is 533 g/mol. The van der Waals surface area contributed by atoms with E-state index in [4.69, 9.17) is 4.74 Å². The van der Waals surface area contributed by atoms with Crippen molar-refractivity contribution in [2.45, 2.75) is 25.3 Å². The van der Waals surface area contributed by atoms with Gasteiger partial charge in [-0.15, -0.1) is 0 Å². The average molecular weight is 559 g/mol. The monoisotopic (exact) mass is 558 g/mol. The molecule has 1 amide bonds. The molecule has 0 aliphatic carbocycles. The van der Waals surface area contributed by atoms with E-state index < -0.39 is 17.6 Å². The van der Waals surface area contributed by atoms with Gasteiger partial charge in [0.25, 0.3) is 11.8 Å². The Labute approximate surface area is 233 Å². The van der Waals surface area contributed by atoms with E-state index in [9.17, 15) is 18.0 Å². The Morgan fingerprint density at radius 2 is 1.83 bits per heavy atom. The number of anilines is 1. The number of pyridine rings is 2. The van der Waals surface area contributed by atoms with Crippen molar-refractivity contribution < 1.29 is 22.7 Å². The van der Waals surface area contributed by atoms with Crippen molar-refractivity contribution in [1.29, 1.82) is 0 Å². The number of carbonyl (C=O) groups excluding carboxylic acids is 1. The molecule has 0 saturated carbocycles. The predicted octanol–water partition coefficient (Wildman–Crippen LogP) is 6.43. The number of para-hydroxylation sites is 1. The van der Waals surface area contributed by atoms with Crippen molar-refractivity contribution in [1.82, 2.24) is 25.1 Å². The van der Waals surface area contributed by atoms with Gasteiger partial charge in [0.2, 0.25) is 5.88 Å². The summed E-state index contributed by atoms with van der Waals surface area (Å²) in [5, 5.41) is 10.5. The minimum atomic E-state index is -2.59. The van der Waals surface area contributed by atoms with E-state index in [0.29, 0.717) is 36.2 Å². The maximum atomic E-state index is 13.8. The number of amides is 1. The van der Waals surface area contributed by atoms with Crippen LogP contribution in [0.1, 0.15) is 28.9 Å². The molecule has 3 aromatic heterocycles. The summed E-state index contributed by atoms with van der Waals surface area (Å²) in [6, 6.07) is 16.7. The van der Waals surface area contributed by atoms with Gasteiger partial charge in [-0.05, 0) is 47.5 Å². The molecule has 6 rings (SSSR count). The minimum absolute atomic E-state index is 0.0486. The molecule has 5 aromatic rings. The summed E-state index contributed by atoms with van der Waals surface area (Å²) in [4.78, 5) is 23.6. The zero-order chi connectivity index (χ0) is 28.4. The van der Waals surface area contributed by atoms with E-state index in [2.05, 4.69) is 25.5 Å². The second-order valence-corrected chi connectivity index (χ2v) is 9.92. The van der Waals surface area contributed by atoms with Crippen LogP contribution in [0.5, 0.6) is 11.6 Å². The number of alkyl halides is 2. The number of aromatic nitrogens is 4. The molecule has 1 aliphatic heterocycles. The third-order valence-electron chi connectivity index (χ3n) is 6.95. The Kier molecular flexibility index (Phi) is 7.10. The highest BCUT2D eigenvalue weighted by molar-refractivity contribution is 6.11. The summed E-state index contributed by atoms with van der Waals surface area (Å²) in [5.74, 6) is -3.30. The van der Waals surface area contributed by atoms with E-state index in [0.717, 1.165) is 16.7 Å². The highest BCUT2D eigenvalue weighted by atomic mass is 19.3. The summed E-state index contributed by atoms with van der Waals surface area (Å²) >= 11 is 0. The molecule has 2 N–H and O–H groups in total. The van der Waals surface area contributed by atoms with Crippen LogP contribution >= 0.6 is 0 Å². The number of piperidine rings is 1. The first-order valence-electron chi connectivity index (χ1n) is 13.1. The topological polar surface area (TPSA) is 96.0 Å². The smallest absolute Gasteiger partial charge is 0.276 e. The van der Waals surface area contributed by atoms with Gasteiger partial charge in [0, 0.05) is 61.9 Å². The maximum absolute atomic E-state index is 13.8. The van der Waals surface area contributed by atoms with Crippen molar-refractivity contribution in [2.24, 2.45) is 0 Å². The number of likely N-dealkylation sites (tertiary alicyclic amines) is 1. The van der Waals surface area contributed by atoms with Gasteiger partial charge in [-0.25, -0.2) is 18.2 Å². The van der Waals surface area contributed by atoms with Gasteiger partial charge in [-0.1, -0.05) is 18.2 Å². The number of fused-ring (bicyclic) bond motifs is 1. The van der Waals surface area contributed by atoms with Crippen molar-refractivity contribution in [2.75, 3.05) is 18.4 Å². The first-order valence-corrected chi connectivity index (χ1v) is 13.1. The van der Waals surface area contributed by atoms with Crippen molar-refractivity contribution in [3.63, 3.8) is 0 Å². The number of H-pyrrole nitrogens is 1. The molecule has 41 heavy (non-hydrogen) atoms. The lowest BCUT2D eigenvalue weighted by Gasteiger charge is -2.31. The minimum Gasteiger partial charge on any atom is -0.436 e. The molecule has 1 saturated heterocycles. The van der Waals surface area contributed by atoms with Crippen LogP contribution in [0.2, 0.25) is 0 Å². The summed E-state index contributed by atoms with van der Waals surface area (Å²) < 4.78 is 46.3. The Morgan fingerprint density at radius 1 is 1.00 bits per heavy atom. The lowest BCUT2D eigenvalue weighted by Crippen LogP contribution is -2.38. The lowest BCUT2D eigenvalue weighted by atomic mass is 10.0. The van der Waals surface area contributed by atoms with E-state index in [-0.39, 0.29) is 30.2 Å². The number of hydrogen-bond acceptors (Lipinski definition) is 6. The SMILES string of the molecule is O=C(Nc1ccc(Oc2ccccc2F)nc1)c1n[nH]c2ccc(-c3cncc(CN4CCC(F)(F)CC4)c3)cc12. The second kappa shape index (κ2) is 11.0. The molecule has 208 valence electrons. The van der Waals surface area contributed by atoms with Gasteiger partial charge in [0.05, 0.1) is 17.4 Å². The van der Waals surface area contributed by atoms with Crippen LogP contribution < -0.4 is 10.1 Å². The number of nitrogens with zero attached hydrogens (tertiary/aromatic N) is 4. The Balaban J connectivity index is 1.16. The van der Waals surface area contributed by atoms with Crippen LogP contribution in [0, 0.1) is 5.82 Å². The van der Waals surface area contributed by atoms with Crippen LogP contribution in [0.15, 0.2) is 79.3 Å². The molecule has 0 spiro atoms. The molecule has 1 fully saturated rings. The van der Waals surface area contributed by atoms with Gasteiger partial charge < -0.3 is 10.1 Å². The fraction of sp³-hybridized carbons (Fsp3) is 0.200. The normalized spacial score (nSPS) is 15.1. The third-order valence-corrected chi connectivity index (χ3v) is 6.95. The van der Waals surface area contributed by atoms with E-state index in [1.54, 1.807) is 30.6 Å². The number of carbonyl (C=O) groups is 1. The Hall–Kier alpha value is -4.77. The average Bonchev–Trinajstić information content (AvgIpc) is 3.40. The number of nitrogens with one attached hydrogen (secondary N) is 2. The molecule has 0 atom stereocenters. The van der Waals surface area contributed by atoms with E-state index >= 15 is 0 Å². The van der Waals surface area contributed by atoms with Crippen molar-refractivity contribution in [3.8, 4) is 22.8 Å². The summed E-state index contributed by atoms with van der Waals surface area (Å²) in [5.41, 5.74) is 3.90. The number of ether oxygens (including phenoxy) is 1. The van der Waals surface area contributed by atoms with Gasteiger partial charge >= 0.3 is 0 Å². The van der Waals surface area contributed by atoms with Gasteiger partial charge in [0.1, 0.15) is 0 Å². The van der Waals surface area contributed by atoms with Crippen LogP contribution in [-0.2, 0) is 6.54 Å². The molecule has 0 bridgehead atoms. The molecule has 0 unspecified atom stereocenters. The highest BCUT2D eigenvalue weighted by Gasteiger charge is 2.33. The van der Waals surface area contributed by atoms with Crippen molar-refractivity contribution in [3.05, 3.63) is 96.3 Å². The molecule has 2 aromatic carbocycles. The number of aromatic amines is 1. The number of rotatable bonds is 7. The van der Waals surface area contributed by atoms with Gasteiger partial charge in [-0.2, -0.15) is 5.10 Å². The Morgan fingerprint density at radius 3 is 2.61 bits per heavy atom. The standard InChI is InChI=1S/C30H25F3N6O2/c31-24-3-1-2-4-26(24)41-27-8-6-22(17-35-27)36-29(40)28-23-14-20(5-7-25(23)37-38-28)21-13-19(15-34-16-21)18-39-11-9-30(32,33)10-12-39/h1-8,13-17H,9-12,18H2,(H,36,40)(H,37,38). The zero-order valence-corrected chi connectivity index (χ0v) is 21.8. The van der Waals surface area contributed by atoms with Crippen LogP contribution in [0.4, 0.5) is 18.9 Å². The third kappa shape index (κ3) is 6.04. The quantitative estimate of drug-likeness (QED) is 0.239. The van der Waals surface area contributed by atoms with Crippen LogP contribution in [0.25, 0.3) is 22.0 Å². The fourth-order valence-corrected chi connectivity index (χ4v) is 4.74. The second-order valence-electron chi connectivity index (χ2n) is 9.92. The molecule has 11 heteroatoms. The molecule has 8 nitrogen and oxygen atoms in total. The van der Waals surface area contributed by atoms with E-state index in [1.807, 2.05) is 29.2 Å². The molecule has 4 heterocycles. The largest absolute Gasteiger partial charge is 0.436 e. The molecule has 0 radical (unpaired) electrons. The summed E-state index contributed by atoms with van der Waals surface area (Å²) in [7, 11) is 0. The van der Waals surface area contributed by atoms with Gasteiger partial charge in [-0.3, -0.25) is 19.8 Å². The number of benzene rings is 2. The first-order chi connectivity index (χ1) is 19.8. The predicted molar refractivity (Wildman–Crippen MR) is 147 cm³/mol. The van der Waals surface area contributed by atoms with Gasteiger partial charge in [0.15, 0.2) is 17.3 Å². The van der Waals surface area contributed by atoms with E-state index in [1.165, 1.54) is 24.4 Å². The molecule has 1 aliphatic rings. The fourth-order valence-electron chi connectivity index (χ4n) is 4.74. The molecular formula is C30H25F3N6O2. The number of halogens is 3. The van der Waals surface area contributed by atoms with Crippen molar-refractivity contribution >= 4 is 22.5 Å². The zero-order valence-electron chi connectivity index (χ0n) is 21.8.